The number of aliphatic hydroxyl groups is 1. The highest BCUT2D eigenvalue weighted by Gasteiger charge is 2.34. The second-order valence-corrected chi connectivity index (χ2v) is 7.36. The van der Waals surface area contributed by atoms with Crippen molar-refractivity contribution in [3.8, 4) is 0 Å². The second-order valence-electron chi connectivity index (χ2n) is 7.36. The van der Waals surface area contributed by atoms with Crippen molar-refractivity contribution in [2.45, 2.75) is 31.7 Å². The number of nitrogens with one attached hydrogen (secondary N) is 2. The normalized spacial score (nSPS) is 25.5. The first-order chi connectivity index (χ1) is 12.8. The fraction of sp³-hybridized carbons (Fsp3) is 0.737. The summed E-state index contributed by atoms with van der Waals surface area (Å²) < 4.78 is 11.2. The van der Waals surface area contributed by atoms with Crippen LogP contribution in [0.15, 0.2) is 27.8 Å². The summed E-state index contributed by atoms with van der Waals surface area (Å²) in [6.07, 6.45) is 5.95. The lowest BCUT2D eigenvalue weighted by Crippen LogP contribution is -2.46. The van der Waals surface area contributed by atoms with Gasteiger partial charge in [-0.1, -0.05) is 0 Å². The lowest BCUT2D eigenvalue weighted by molar-refractivity contribution is 0.127. The van der Waals surface area contributed by atoms with Gasteiger partial charge in [0.2, 0.25) is 0 Å². The Kier molecular flexibility index (Phi) is 6.93. The van der Waals surface area contributed by atoms with Gasteiger partial charge < -0.3 is 24.9 Å². The quantitative estimate of drug-likeness (QED) is 0.477. The molecule has 146 valence electrons. The molecular weight excluding hydrogens is 332 g/mol. The van der Waals surface area contributed by atoms with E-state index in [9.17, 15) is 5.11 Å². The van der Waals surface area contributed by atoms with Crippen LogP contribution in [0.2, 0.25) is 0 Å². The Morgan fingerprint density at radius 2 is 2.23 bits per heavy atom. The Morgan fingerprint density at radius 3 is 2.85 bits per heavy atom. The molecule has 2 aliphatic heterocycles. The standard InChI is InChI=1S/C19H32N4O3/c1-20-18(22-14-19(6-10-24)7-12-25-15-19)21-13-16(17-5-4-11-26-17)23-8-2-3-9-23/h4-5,11,16,24H,2-3,6-10,12-15H2,1H3,(H2,20,21,22). The molecule has 2 aliphatic rings. The summed E-state index contributed by atoms with van der Waals surface area (Å²) in [5.74, 6) is 1.78. The highest BCUT2D eigenvalue weighted by Crippen LogP contribution is 2.31. The monoisotopic (exact) mass is 364 g/mol. The number of ether oxygens (including phenoxy) is 1. The van der Waals surface area contributed by atoms with Crippen LogP contribution in [0.4, 0.5) is 0 Å². The van der Waals surface area contributed by atoms with Gasteiger partial charge in [0.15, 0.2) is 5.96 Å². The maximum atomic E-state index is 9.37. The van der Waals surface area contributed by atoms with Crippen molar-refractivity contribution in [3.05, 3.63) is 24.2 Å². The first-order valence-corrected chi connectivity index (χ1v) is 9.67. The van der Waals surface area contributed by atoms with Gasteiger partial charge in [-0.05, 0) is 50.9 Å². The molecule has 3 N–H and O–H groups in total. The molecule has 1 aromatic heterocycles. The zero-order chi connectivity index (χ0) is 18.2. The molecule has 2 saturated heterocycles. The number of hydrogen-bond acceptors (Lipinski definition) is 5. The van der Waals surface area contributed by atoms with Crippen LogP contribution in [0.1, 0.15) is 37.5 Å². The van der Waals surface area contributed by atoms with Crippen molar-refractivity contribution in [2.24, 2.45) is 10.4 Å². The average Bonchev–Trinajstić information content (AvgIpc) is 3.41. The molecule has 7 heteroatoms. The van der Waals surface area contributed by atoms with E-state index in [1.807, 2.05) is 12.1 Å². The van der Waals surface area contributed by atoms with Gasteiger partial charge >= 0.3 is 0 Å². The number of guanidine groups is 1. The van der Waals surface area contributed by atoms with E-state index in [0.29, 0.717) is 6.61 Å². The Morgan fingerprint density at radius 1 is 1.38 bits per heavy atom. The number of hydrogen-bond donors (Lipinski definition) is 3. The SMILES string of the molecule is CN=C(NCC(c1ccco1)N1CCCC1)NCC1(CCO)CCOC1. The molecule has 2 unspecified atom stereocenters. The third kappa shape index (κ3) is 4.78. The Labute approximate surface area is 155 Å². The number of aliphatic hydroxyl groups excluding tert-OH is 1. The van der Waals surface area contributed by atoms with E-state index in [1.54, 1.807) is 13.3 Å². The summed E-state index contributed by atoms with van der Waals surface area (Å²) in [5.41, 5.74) is 0.00172. The number of nitrogens with zero attached hydrogens (tertiary/aromatic N) is 2. The van der Waals surface area contributed by atoms with Crippen LogP contribution < -0.4 is 10.6 Å². The third-order valence-electron chi connectivity index (χ3n) is 5.60. The number of rotatable bonds is 8. The van der Waals surface area contributed by atoms with E-state index in [4.69, 9.17) is 9.15 Å². The first-order valence-electron chi connectivity index (χ1n) is 9.67. The summed E-state index contributed by atoms with van der Waals surface area (Å²) in [6.45, 7) is 5.36. The van der Waals surface area contributed by atoms with Crippen molar-refractivity contribution in [1.29, 1.82) is 0 Å². The van der Waals surface area contributed by atoms with Gasteiger partial charge in [-0.3, -0.25) is 9.89 Å². The molecule has 3 rings (SSSR count). The lowest BCUT2D eigenvalue weighted by atomic mass is 9.84. The van der Waals surface area contributed by atoms with Crippen molar-refractivity contribution in [3.63, 3.8) is 0 Å². The zero-order valence-corrected chi connectivity index (χ0v) is 15.7. The van der Waals surface area contributed by atoms with E-state index >= 15 is 0 Å². The van der Waals surface area contributed by atoms with Gasteiger partial charge in [0.25, 0.3) is 0 Å². The van der Waals surface area contributed by atoms with Crippen LogP contribution in [0.3, 0.4) is 0 Å². The maximum absolute atomic E-state index is 9.37. The molecule has 3 heterocycles. The average molecular weight is 364 g/mol. The van der Waals surface area contributed by atoms with Crippen LogP contribution in [0, 0.1) is 5.41 Å². The predicted molar refractivity (Wildman–Crippen MR) is 101 cm³/mol. The minimum Gasteiger partial charge on any atom is -0.468 e. The van der Waals surface area contributed by atoms with Gasteiger partial charge in [0.05, 0.1) is 18.9 Å². The minimum atomic E-state index is 0.00172. The summed E-state index contributed by atoms with van der Waals surface area (Å²) in [6, 6.07) is 4.21. The fourth-order valence-corrected chi connectivity index (χ4v) is 3.94. The largest absolute Gasteiger partial charge is 0.468 e. The third-order valence-corrected chi connectivity index (χ3v) is 5.60. The second kappa shape index (κ2) is 9.39. The fourth-order valence-electron chi connectivity index (χ4n) is 3.94. The maximum Gasteiger partial charge on any atom is 0.191 e. The van der Waals surface area contributed by atoms with Crippen LogP contribution in [0.5, 0.6) is 0 Å². The van der Waals surface area contributed by atoms with Gasteiger partial charge in [0, 0.05) is 38.8 Å². The van der Waals surface area contributed by atoms with Gasteiger partial charge in [-0.2, -0.15) is 0 Å². The highest BCUT2D eigenvalue weighted by molar-refractivity contribution is 5.79. The van der Waals surface area contributed by atoms with Crippen molar-refractivity contribution in [1.82, 2.24) is 15.5 Å². The molecule has 2 atom stereocenters. The molecule has 2 fully saturated rings. The van der Waals surface area contributed by atoms with Gasteiger partial charge in [0.1, 0.15) is 5.76 Å². The molecule has 0 amide bonds. The molecule has 0 aliphatic carbocycles. The molecule has 26 heavy (non-hydrogen) atoms. The molecule has 7 nitrogen and oxygen atoms in total. The summed E-state index contributed by atoms with van der Waals surface area (Å²) in [7, 11) is 1.79. The number of aliphatic imine (C=N–C) groups is 1. The Hall–Kier alpha value is -1.57. The topological polar surface area (TPSA) is 82.3 Å². The first kappa shape index (κ1) is 19.2. The smallest absolute Gasteiger partial charge is 0.191 e. The number of furan rings is 1. The molecule has 0 saturated carbocycles. The molecule has 0 bridgehead atoms. The van der Waals surface area contributed by atoms with Crippen LogP contribution in [-0.4, -0.2) is 69.0 Å². The molecule has 1 aromatic rings. The zero-order valence-electron chi connectivity index (χ0n) is 15.7. The van der Waals surface area contributed by atoms with Crippen LogP contribution in [-0.2, 0) is 4.74 Å². The van der Waals surface area contributed by atoms with Crippen molar-refractivity contribution >= 4 is 5.96 Å². The molecule has 0 aromatic carbocycles. The van der Waals surface area contributed by atoms with Crippen LogP contribution in [0.25, 0.3) is 0 Å². The summed E-state index contributed by atoms with van der Waals surface area (Å²) in [4.78, 5) is 6.83. The predicted octanol–water partition coefficient (Wildman–Crippen LogP) is 1.37. The highest BCUT2D eigenvalue weighted by atomic mass is 16.5. The van der Waals surface area contributed by atoms with E-state index in [-0.39, 0.29) is 18.1 Å². The molecule has 0 radical (unpaired) electrons. The minimum absolute atomic E-state index is 0.00172. The molecule has 0 spiro atoms. The Bertz CT molecular complexity index is 549. The summed E-state index contributed by atoms with van der Waals surface area (Å²) in [5, 5.41) is 16.3. The van der Waals surface area contributed by atoms with E-state index < -0.39 is 0 Å². The van der Waals surface area contributed by atoms with Gasteiger partial charge in [-0.25, -0.2) is 0 Å². The van der Waals surface area contributed by atoms with E-state index in [2.05, 4.69) is 20.5 Å². The van der Waals surface area contributed by atoms with Crippen molar-refractivity contribution < 1.29 is 14.3 Å². The molecular formula is C19H32N4O3. The lowest BCUT2D eigenvalue weighted by Gasteiger charge is -2.29. The van der Waals surface area contributed by atoms with Gasteiger partial charge in [-0.15, -0.1) is 0 Å². The Balaban J connectivity index is 1.55. The summed E-state index contributed by atoms with van der Waals surface area (Å²) >= 11 is 0. The van der Waals surface area contributed by atoms with E-state index in [1.165, 1.54) is 12.8 Å². The number of likely N-dealkylation sites (tertiary alicyclic amines) is 1. The van der Waals surface area contributed by atoms with Crippen molar-refractivity contribution in [2.75, 3.05) is 53.0 Å². The van der Waals surface area contributed by atoms with Crippen LogP contribution >= 0.6 is 0 Å². The van der Waals surface area contributed by atoms with E-state index in [0.717, 1.165) is 57.3 Å².